The molecule has 1 spiro atoms. The van der Waals surface area contributed by atoms with E-state index in [1.165, 1.54) is 100 Å². The predicted molar refractivity (Wildman–Crippen MR) is 360 cm³/mol. The highest BCUT2D eigenvalue weighted by atomic mass is 19.4. The SMILES string of the molecule is CC[C@H](C)[C@@H]1NC(=O)[C@H](C)N(C)C(=O)C[C@@H](C(=O)N2CCCCC2)N(C)C(=O)[C@H](C2CCCCC2)N(C)C(=O)C2(CCCC2)NC(=O)[C@@H]2CCCN2C(=O)[C@H](C/C=C/c2ccc(C(F)(F)F)cc2)NC(=O)CN(C)C(=O)[C@H](CC2CCCCC2)N(C)C(=O)CN(C)C(=O)CN(C)C1=O. The summed E-state index contributed by atoms with van der Waals surface area (Å²) < 4.78 is 40.6. The van der Waals surface area contributed by atoms with Crippen LogP contribution in [0.2, 0.25) is 0 Å². The smallest absolute Gasteiger partial charge is 0.342 e. The Hall–Kier alpha value is -7.61. The first-order valence-electron chi connectivity index (χ1n) is 35.5. The number of amides is 12. The maximum Gasteiger partial charge on any atom is 0.416 e. The fourth-order valence-electron chi connectivity index (χ4n) is 15.0. The molecule has 3 aliphatic heterocycles. The number of likely N-dealkylation sites (N-methyl/N-ethyl adjacent to an activating group) is 7. The molecule has 27 heteroatoms. The Balaban J connectivity index is 1.26. The number of nitrogens with zero attached hydrogens (tertiary/aromatic N) is 9. The van der Waals surface area contributed by atoms with Crippen molar-refractivity contribution in [3.8, 4) is 0 Å². The maximum absolute atomic E-state index is 15.7. The molecule has 3 heterocycles. The van der Waals surface area contributed by atoms with Crippen molar-refractivity contribution in [1.29, 1.82) is 0 Å². The highest BCUT2D eigenvalue weighted by Gasteiger charge is 2.51. The molecule has 98 heavy (non-hydrogen) atoms. The van der Waals surface area contributed by atoms with E-state index in [1.54, 1.807) is 11.8 Å². The molecule has 6 fully saturated rings. The van der Waals surface area contributed by atoms with Gasteiger partial charge in [-0.1, -0.05) is 109 Å². The largest absolute Gasteiger partial charge is 0.416 e. The Labute approximate surface area is 575 Å². The first kappa shape index (κ1) is 77.7. The van der Waals surface area contributed by atoms with E-state index in [4.69, 9.17) is 0 Å². The minimum atomic E-state index is -4.59. The number of rotatable bonds is 9. The molecule has 3 saturated heterocycles. The summed E-state index contributed by atoms with van der Waals surface area (Å²) in [5.41, 5.74) is -2.06. The van der Waals surface area contributed by atoms with Crippen LogP contribution in [0.4, 0.5) is 13.2 Å². The fraction of sp³-hybridized carbons (Fsp3) is 0.718. The summed E-state index contributed by atoms with van der Waals surface area (Å²) in [4.78, 5) is 189. The molecule has 8 atom stereocenters. The van der Waals surface area contributed by atoms with Crippen LogP contribution in [0.25, 0.3) is 6.08 Å². The van der Waals surface area contributed by atoms with Crippen molar-refractivity contribution in [2.45, 2.75) is 222 Å². The van der Waals surface area contributed by atoms with Crippen LogP contribution in [0, 0.1) is 17.8 Å². The fourth-order valence-corrected chi connectivity index (χ4v) is 15.0. The van der Waals surface area contributed by atoms with Crippen molar-refractivity contribution in [2.24, 2.45) is 17.8 Å². The van der Waals surface area contributed by atoms with Gasteiger partial charge < -0.3 is 60.0 Å². The number of benzene rings is 1. The molecule has 6 aliphatic rings. The maximum atomic E-state index is 15.7. The van der Waals surface area contributed by atoms with Crippen molar-refractivity contribution in [1.82, 2.24) is 60.0 Å². The van der Waals surface area contributed by atoms with Crippen molar-refractivity contribution >= 4 is 77.0 Å². The third-order valence-electron chi connectivity index (χ3n) is 21.7. The summed E-state index contributed by atoms with van der Waals surface area (Å²) >= 11 is 0. The standard InChI is InChI=1S/C71H107F3N12O12/c1-11-46(2)60-67(96)80(6)44-58(89)78(4)45-59(90)82(8)54(41-49-25-15-12-16-26-49)65(94)79(5)43-56(87)75-52(30-23-27-48-32-34-51(35-33-48)71(72,73)74)64(93)86-40-24-31-53(86)63(92)77-70(36-19-20-37-70)69(98)84(10)61(50-28-17-13-18-29-50)68(97)83(9)55(66(95)85-38-21-14-22-39-85)42-57(88)81(7)47(3)62(91)76-60/h23,27,32-35,46-47,49-50,52-55,60-61H,11-22,24-26,28-31,36-45H2,1-10H3,(H,75,87)(H,76,91)(H,77,92)/b27-23+/t46-,47-,52-,53-,54-,55-,60-,61-/m0/s1. The highest BCUT2D eigenvalue weighted by molar-refractivity contribution is 6.01. The van der Waals surface area contributed by atoms with Crippen LogP contribution >= 0.6 is 0 Å². The average Bonchev–Trinajstić information content (AvgIpc) is 1.39. The molecule has 544 valence electrons. The van der Waals surface area contributed by atoms with Crippen molar-refractivity contribution in [3.05, 3.63) is 41.5 Å². The van der Waals surface area contributed by atoms with Gasteiger partial charge in [-0.2, -0.15) is 13.2 Å². The van der Waals surface area contributed by atoms with E-state index in [0.29, 0.717) is 70.0 Å². The van der Waals surface area contributed by atoms with E-state index < -0.39 is 162 Å². The predicted octanol–water partition coefficient (Wildman–Crippen LogP) is 5.21. The van der Waals surface area contributed by atoms with E-state index in [-0.39, 0.29) is 50.5 Å². The summed E-state index contributed by atoms with van der Waals surface area (Å²) in [7, 11) is 9.97. The molecule has 7 rings (SSSR count). The molecule has 24 nitrogen and oxygen atoms in total. The molecule has 0 aromatic heterocycles. The normalized spacial score (nSPS) is 27.3. The second-order valence-corrected chi connectivity index (χ2v) is 28.6. The lowest BCUT2D eigenvalue weighted by molar-refractivity contribution is -0.157. The first-order chi connectivity index (χ1) is 46.4. The second kappa shape index (κ2) is 34.9. The Kier molecular flexibility index (Phi) is 27.7. The molecule has 0 unspecified atom stereocenters. The van der Waals surface area contributed by atoms with Crippen molar-refractivity contribution in [2.75, 3.05) is 88.6 Å². The molecular formula is C71H107F3N12O12. The summed E-state index contributed by atoms with van der Waals surface area (Å²) in [5.74, 6) is -8.43. The van der Waals surface area contributed by atoms with Gasteiger partial charge in [0.25, 0.3) is 0 Å². The van der Waals surface area contributed by atoms with Crippen LogP contribution in [0.5, 0.6) is 0 Å². The van der Waals surface area contributed by atoms with Crippen LogP contribution in [-0.4, -0.2) is 251 Å². The number of hydrogen-bond acceptors (Lipinski definition) is 12. The van der Waals surface area contributed by atoms with Gasteiger partial charge in [-0.05, 0) is 113 Å². The van der Waals surface area contributed by atoms with Gasteiger partial charge in [0.1, 0.15) is 47.8 Å². The number of halogens is 3. The first-order valence-corrected chi connectivity index (χ1v) is 35.5. The van der Waals surface area contributed by atoms with Crippen LogP contribution in [-0.2, 0) is 63.7 Å². The molecule has 0 radical (unpaired) electrons. The van der Waals surface area contributed by atoms with Gasteiger partial charge in [0, 0.05) is 69.0 Å². The summed E-state index contributed by atoms with van der Waals surface area (Å²) in [6, 6.07) is -4.26. The zero-order valence-electron chi connectivity index (χ0n) is 59.3. The molecule has 3 aliphatic carbocycles. The Morgan fingerprint density at radius 3 is 1.82 bits per heavy atom. The van der Waals surface area contributed by atoms with Gasteiger partial charge in [0.05, 0.1) is 31.6 Å². The lowest BCUT2D eigenvalue weighted by Crippen LogP contribution is -2.65. The van der Waals surface area contributed by atoms with Crippen molar-refractivity contribution < 1.29 is 70.7 Å². The van der Waals surface area contributed by atoms with E-state index in [1.807, 2.05) is 6.92 Å². The van der Waals surface area contributed by atoms with Gasteiger partial charge in [-0.15, -0.1) is 0 Å². The van der Waals surface area contributed by atoms with Gasteiger partial charge in [0.15, 0.2) is 0 Å². The summed E-state index contributed by atoms with van der Waals surface area (Å²) in [6.45, 7) is 4.25. The molecule has 3 saturated carbocycles. The third-order valence-corrected chi connectivity index (χ3v) is 21.7. The van der Waals surface area contributed by atoms with Gasteiger partial charge >= 0.3 is 6.18 Å². The Morgan fingerprint density at radius 1 is 0.612 bits per heavy atom. The topological polar surface area (TPSA) is 270 Å². The third kappa shape index (κ3) is 19.4. The Morgan fingerprint density at radius 2 is 1.20 bits per heavy atom. The quantitative estimate of drug-likeness (QED) is 0.288. The number of fused-ring (bicyclic) bond motifs is 1. The molecular weight excluding hydrogens is 1270 g/mol. The van der Waals surface area contributed by atoms with Gasteiger partial charge in [0.2, 0.25) is 70.9 Å². The molecule has 12 amide bonds. The van der Waals surface area contributed by atoms with Crippen LogP contribution < -0.4 is 16.0 Å². The van der Waals surface area contributed by atoms with Crippen LogP contribution in [0.3, 0.4) is 0 Å². The zero-order valence-corrected chi connectivity index (χ0v) is 59.3. The number of nitrogens with one attached hydrogen (secondary N) is 3. The molecule has 3 N–H and O–H groups in total. The van der Waals surface area contributed by atoms with Crippen LogP contribution in [0.15, 0.2) is 30.3 Å². The van der Waals surface area contributed by atoms with Gasteiger partial charge in [-0.25, -0.2) is 0 Å². The van der Waals surface area contributed by atoms with E-state index in [0.717, 1.165) is 89.5 Å². The lowest BCUT2D eigenvalue weighted by Gasteiger charge is -2.43. The van der Waals surface area contributed by atoms with E-state index in [9.17, 15) is 51.5 Å². The number of hydrogen-bond donors (Lipinski definition) is 3. The van der Waals surface area contributed by atoms with E-state index in [2.05, 4.69) is 16.0 Å². The number of carbonyl (C=O) groups excluding carboxylic acids is 12. The summed E-state index contributed by atoms with van der Waals surface area (Å²) in [6.07, 6.45) is 10.4. The van der Waals surface area contributed by atoms with E-state index >= 15 is 19.2 Å². The average molecular weight is 1380 g/mol. The molecule has 1 aromatic rings. The summed E-state index contributed by atoms with van der Waals surface area (Å²) in [5, 5.41) is 8.67. The lowest BCUT2D eigenvalue weighted by atomic mass is 9.81. The molecule has 1 aromatic carbocycles. The Bertz CT molecular complexity index is 3050. The minimum absolute atomic E-state index is 0.0338. The van der Waals surface area contributed by atoms with Crippen LogP contribution in [0.1, 0.15) is 180 Å². The molecule has 0 bridgehead atoms. The zero-order chi connectivity index (χ0) is 71.9. The minimum Gasteiger partial charge on any atom is -0.342 e. The number of carbonyl (C=O) groups is 12. The number of piperidine rings is 1. The van der Waals surface area contributed by atoms with Gasteiger partial charge in [-0.3, -0.25) is 57.5 Å². The number of alkyl halides is 3. The highest BCUT2D eigenvalue weighted by Crippen LogP contribution is 2.37. The monoisotopic (exact) mass is 1380 g/mol. The van der Waals surface area contributed by atoms with Crippen molar-refractivity contribution in [3.63, 3.8) is 0 Å². The number of likely N-dealkylation sites (tertiary alicyclic amines) is 1. The second-order valence-electron chi connectivity index (χ2n) is 28.6.